The molecule has 0 radical (unpaired) electrons. The number of piperidine rings is 1. The molecule has 0 aromatic heterocycles. The van der Waals surface area contributed by atoms with Crippen LogP contribution in [0.4, 0.5) is 4.79 Å². The van der Waals surface area contributed by atoms with Gasteiger partial charge in [-0.3, -0.25) is 4.79 Å². The van der Waals surface area contributed by atoms with Gasteiger partial charge in [-0.15, -0.1) is 0 Å². The number of ether oxygens (including phenoxy) is 1. The van der Waals surface area contributed by atoms with Gasteiger partial charge in [-0.2, -0.15) is 0 Å². The number of likely N-dealkylation sites (tertiary alicyclic amines) is 1. The Bertz CT molecular complexity index is 420. The minimum Gasteiger partial charge on any atom is -0.444 e. The van der Waals surface area contributed by atoms with Crippen molar-refractivity contribution in [2.45, 2.75) is 78.4 Å². The van der Waals surface area contributed by atoms with E-state index < -0.39 is 5.60 Å². The average Bonchev–Trinajstić information content (AvgIpc) is 3.06. The Morgan fingerprint density at radius 1 is 1.29 bits per heavy atom. The van der Waals surface area contributed by atoms with Crippen molar-refractivity contribution in [1.29, 1.82) is 0 Å². The van der Waals surface area contributed by atoms with Crippen molar-refractivity contribution in [3.63, 3.8) is 0 Å². The second-order valence-electron chi connectivity index (χ2n) is 8.15. The smallest absolute Gasteiger partial charge is 0.410 e. The number of carbonyl (C=O) groups excluding carboxylic acids is 2. The zero-order chi connectivity index (χ0) is 15.8. The van der Waals surface area contributed by atoms with Crippen molar-refractivity contribution >= 4 is 11.9 Å². The number of amides is 1. The van der Waals surface area contributed by atoms with Gasteiger partial charge in [-0.1, -0.05) is 13.8 Å². The van der Waals surface area contributed by atoms with Gasteiger partial charge in [-0.25, -0.2) is 4.79 Å². The zero-order valence-electron chi connectivity index (χ0n) is 14.1. The monoisotopic (exact) mass is 295 g/mol. The first-order valence-corrected chi connectivity index (χ1v) is 8.14. The molecule has 1 amide bonds. The highest BCUT2D eigenvalue weighted by molar-refractivity contribution is 5.87. The van der Waals surface area contributed by atoms with Gasteiger partial charge in [0.05, 0.1) is 0 Å². The van der Waals surface area contributed by atoms with Gasteiger partial charge in [0, 0.05) is 24.4 Å². The SMILES string of the molecule is CC1CCN(C(=O)OC(C)(C)C)C(CC(=O)C2(C)CC2)C1. The molecule has 0 spiro atoms. The fraction of sp³-hybridized carbons (Fsp3) is 0.882. The van der Waals surface area contributed by atoms with E-state index >= 15 is 0 Å². The Kier molecular flexibility index (Phi) is 4.36. The molecular formula is C17H29NO3. The van der Waals surface area contributed by atoms with Crippen molar-refractivity contribution in [3.05, 3.63) is 0 Å². The van der Waals surface area contributed by atoms with E-state index in [-0.39, 0.29) is 17.6 Å². The minimum absolute atomic E-state index is 0.00789. The largest absolute Gasteiger partial charge is 0.444 e. The Morgan fingerprint density at radius 3 is 2.43 bits per heavy atom. The molecule has 2 rings (SSSR count). The summed E-state index contributed by atoms with van der Waals surface area (Å²) in [7, 11) is 0. The number of hydrogen-bond donors (Lipinski definition) is 0. The van der Waals surface area contributed by atoms with Gasteiger partial charge in [0.2, 0.25) is 0 Å². The molecule has 2 aliphatic rings. The molecule has 0 N–H and O–H groups in total. The maximum atomic E-state index is 12.4. The molecule has 21 heavy (non-hydrogen) atoms. The lowest BCUT2D eigenvalue weighted by molar-refractivity contribution is -0.125. The predicted octanol–water partition coefficient (Wildman–Crippen LogP) is 3.78. The predicted molar refractivity (Wildman–Crippen MR) is 82.1 cm³/mol. The van der Waals surface area contributed by atoms with Gasteiger partial charge in [-0.05, 0) is 52.4 Å². The van der Waals surface area contributed by atoms with Gasteiger partial charge in [0.25, 0.3) is 0 Å². The first kappa shape index (κ1) is 16.3. The maximum absolute atomic E-state index is 12.4. The summed E-state index contributed by atoms with van der Waals surface area (Å²) in [6, 6.07) is 0.00789. The van der Waals surface area contributed by atoms with Crippen LogP contribution in [0, 0.1) is 11.3 Å². The fourth-order valence-corrected chi connectivity index (χ4v) is 2.93. The summed E-state index contributed by atoms with van der Waals surface area (Å²) in [5, 5.41) is 0. The van der Waals surface area contributed by atoms with E-state index in [1.165, 1.54) is 0 Å². The summed E-state index contributed by atoms with van der Waals surface area (Å²) in [6.45, 7) is 10.6. The second kappa shape index (κ2) is 5.62. The molecular weight excluding hydrogens is 266 g/mol. The van der Waals surface area contributed by atoms with Crippen LogP contribution in [0.2, 0.25) is 0 Å². The second-order valence-corrected chi connectivity index (χ2v) is 8.15. The topological polar surface area (TPSA) is 46.6 Å². The normalized spacial score (nSPS) is 28.1. The molecule has 1 aliphatic heterocycles. The molecule has 120 valence electrons. The van der Waals surface area contributed by atoms with E-state index in [1.54, 1.807) is 4.90 Å². The number of Topliss-reactive ketones (excluding diaryl/α,β-unsaturated/α-hetero) is 1. The lowest BCUT2D eigenvalue weighted by Gasteiger charge is -2.39. The fourth-order valence-electron chi connectivity index (χ4n) is 2.93. The highest BCUT2D eigenvalue weighted by atomic mass is 16.6. The molecule has 1 heterocycles. The molecule has 2 atom stereocenters. The maximum Gasteiger partial charge on any atom is 0.410 e. The van der Waals surface area contributed by atoms with E-state index in [0.717, 1.165) is 25.7 Å². The Balaban J connectivity index is 2.02. The quantitative estimate of drug-likeness (QED) is 0.796. The Labute approximate surface area is 128 Å². The van der Waals surface area contributed by atoms with Crippen LogP contribution in [0.25, 0.3) is 0 Å². The molecule has 2 fully saturated rings. The highest BCUT2D eigenvalue weighted by Gasteiger charge is 2.46. The summed E-state index contributed by atoms with van der Waals surface area (Å²) < 4.78 is 5.50. The molecule has 4 heteroatoms. The van der Waals surface area contributed by atoms with E-state index in [4.69, 9.17) is 4.74 Å². The van der Waals surface area contributed by atoms with Gasteiger partial charge < -0.3 is 9.64 Å². The van der Waals surface area contributed by atoms with Gasteiger partial charge in [0.15, 0.2) is 0 Å². The van der Waals surface area contributed by atoms with Crippen LogP contribution in [0.3, 0.4) is 0 Å². The molecule has 4 nitrogen and oxygen atoms in total. The van der Waals surface area contributed by atoms with E-state index in [0.29, 0.717) is 24.7 Å². The number of carbonyl (C=O) groups is 2. The molecule has 0 aromatic rings. The molecule has 1 aliphatic carbocycles. The molecule has 0 bridgehead atoms. The summed E-state index contributed by atoms with van der Waals surface area (Å²) in [5.41, 5.74) is -0.600. The number of rotatable bonds is 3. The van der Waals surface area contributed by atoms with Crippen LogP contribution in [-0.4, -0.2) is 35.0 Å². The third kappa shape index (κ3) is 4.21. The van der Waals surface area contributed by atoms with Crippen molar-refractivity contribution in [2.75, 3.05) is 6.54 Å². The summed E-state index contributed by atoms with van der Waals surface area (Å²) in [6.07, 6.45) is 4.11. The van der Waals surface area contributed by atoms with Crippen molar-refractivity contribution in [3.8, 4) is 0 Å². The lowest BCUT2D eigenvalue weighted by Crippen LogP contribution is -2.49. The number of ketones is 1. The van der Waals surface area contributed by atoms with Crippen LogP contribution >= 0.6 is 0 Å². The van der Waals surface area contributed by atoms with E-state index in [2.05, 4.69) is 6.92 Å². The minimum atomic E-state index is -0.489. The first-order chi connectivity index (χ1) is 9.61. The number of nitrogens with zero attached hydrogens (tertiary/aromatic N) is 1. The van der Waals surface area contributed by atoms with Crippen molar-refractivity contribution in [1.82, 2.24) is 4.90 Å². The summed E-state index contributed by atoms with van der Waals surface area (Å²) in [4.78, 5) is 26.5. The average molecular weight is 295 g/mol. The molecule has 0 aromatic carbocycles. The third-order valence-electron chi connectivity index (χ3n) is 4.70. The lowest BCUT2D eigenvalue weighted by atomic mass is 9.87. The van der Waals surface area contributed by atoms with Crippen LogP contribution in [-0.2, 0) is 9.53 Å². The van der Waals surface area contributed by atoms with Crippen molar-refractivity contribution < 1.29 is 14.3 Å². The Hall–Kier alpha value is -1.06. The zero-order valence-corrected chi connectivity index (χ0v) is 14.1. The van der Waals surface area contributed by atoms with E-state index in [9.17, 15) is 9.59 Å². The van der Waals surface area contributed by atoms with Crippen LogP contribution in [0.5, 0.6) is 0 Å². The third-order valence-corrected chi connectivity index (χ3v) is 4.70. The molecule has 2 unspecified atom stereocenters. The standard InChI is InChI=1S/C17H29NO3/c1-12-6-9-18(15(20)21-16(2,3)4)13(10-12)11-14(19)17(5)7-8-17/h12-13H,6-11H2,1-5H3. The van der Waals surface area contributed by atoms with Crippen molar-refractivity contribution in [2.24, 2.45) is 11.3 Å². The summed E-state index contributed by atoms with van der Waals surface area (Å²) in [5.74, 6) is 0.878. The van der Waals surface area contributed by atoms with Crippen LogP contribution in [0.1, 0.15) is 66.7 Å². The van der Waals surface area contributed by atoms with E-state index in [1.807, 2.05) is 27.7 Å². The van der Waals surface area contributed by atoms with Gasteiger partial charge >= 0.3 is 6.09 Å². The van der Waals surface area contributed by atoms with Crippen LogP contribution < -0.4 is 0 Å². The Morgan fingerprint density at radius 2 is 1.90 bits per heavy atom. The van der Waals surface area contributed by atoms with Crippen LogP contribution in [0.15, 0.2) is 0 Å². The first-order valence-electron chi connectivity index (χ1n) is 8.14. The number of hydrogen-bond acceptors (Lipinski definition) is 3. The highest BCUT2D eigenvalue weighted by Crippen LogP contribution is 2.47. The molecule has 1 saturated carbocycles. The summed E-state index contributed by atoms with van der Waals surface area (Å²) >= 11 is 0. The van der Waals surface area contributed by atoms with Gasteiger partial charge in [0.1, 0.15) is 11.4 Å². The molecule has 1 saturated heterocycles.